The highest BCUT2D eigenvalue weighted by atomic mass is 35.5. The highest BCUT2D eigenvalue weighted by Gasteiger charge is 2.10. The molecule has 0 bridgehead atoms. The maximum absolute atomic E-state index is 11.3. The van der Waals surface area contributed by atoms with E-state index >= 15 is 0 Å². The number of fused-ring (bicyclic) bond motifs is 1. The minimum atomic E-state index is -0.740. The smallest absolute Gasteiger partial charge is 0.412 e. The molecule has 0 fully saturated rings. The van der Waals surface area contributed by atoms with Gasteiger partial charge in [-0.05, 0) is 12.1 Å². The number of aromatic nitrogens is 2. The summed E-state index contributed by atoms with van der Waals surface area (Å²) in [5, 5.41) is 11.0. The Bertz CT molecular complexity index is 576. The van der Waals surface area contributed by atoms with Crippen molar-refractivity contribution >= 4 is 34.5 Å². The normalized spacial score (nSPS) is 10.3. The second kappa shape index (κ2) is 5.61. The molecule has 0 saturated heterocycles. The van der Waals surface area contributed by atoms with Gasteiger partial charge < -0.3 is 9.84 Å². The van der Waals surface area contributed by atoms with E-state index in [0.29, 0.717) is 11.0 Å². The van der Waals surface area contributed by atoms with Crippen molar-refractivity contribution in [2.75, 3.05) is 18.5 Å². The first-order valence-corrected chi connectivity index (χ1v) is 5.55. The molecule has 18 heavy (non-hydrogen) atoms. The highest BCUT2D eigenvalue weighted by Crippen LogP contribution is 2.20. The van der Waals surface area contributed by atoms with Gasteiger partial charge in [-0.3, -0.25) is 5.32 Å². The molecule has 2 aromatic rings. The highest BCUT2D eigenvalue weighted by molar-refractivity contribution is 6.32. The van der Waals surface area contributed by atoms with Crippen LogP contribution in [0.2, 0.25) is 5.15 Å². The minimum Gasteiger partial charge on any atom is -0.447 e. The van der Waals surface area contributed by atoms with Crippen LogP contribution in [-0.2, 0) is 4.74 Å². The van der Waals surface area contributed by atoms with Gasteiger partial charge in [0.25, 0.3) is 0 Å². The number of carbonyl (C=O) groups excluding carboxylic acids is 1. The summed E-state index contributed by atoms with van der Waals surface area (Å²) in [5.41, 5.74) is 1.25. The van der Waals surface area contributed by atoms with Crippen molar-refractivity contribution in [3.05, 3.63) is 29.4 Å². The summed E-state index contributed by atoms with van der Waals surface area (Å²) >= 11 is 5.89. The molecule has 0 atom stereocenters. The lowest BCUT2D eigenvalue weighted by atomic mass is 10.3. The fourth-order valence-electron chi connectivity index (χ4n) is 1.33. The third-order valence-electron chi connectivity index (χ3n) is 2.07. The van der Waals surface area contributed by atoms with Crippen LogP contribution in [0.1, 0.15) is 0 Å². The van der Waals surface area contributed by atoms with Crippen LogP contribution in [0.4, 0.5) is 10.6 Å². The van der Waals surface area contributed by atoms with Crippen LogP contribution in [0, 0.1) is 0 Å². The fraction of sp³-hybridized carbons (Fsp3) is 0.182. The number of benzene rings is 1. The van der Waals surface area contributed by atoms with E-state index < -0.39 is 6.09 Å². The summed E-state index contributed by atoms with van der Waals surface area (Å²) in [6, 6.07) is 7.14. The van der Waals surface area contributed by atoms with Crippen LogP contribution in [0.25, 0.3) is 11.0 Å². The van der Waals surface area contributed by atoms with Crippen LogP contribution in [-0.4, -0.2) is 34.4 Å². The number of carbonyl (C=O) groups is 1. The number of nitrogens with zero attached hydrogens (tertiary/aromatic N) is 2. The summed E-state index contributed by atoms with van der Waals surface area (Å²) in [4.78, 5) is 19.5. The Morgan fingerprint density at radius 2 is 2.00 bits per heavy atom. The number of aliphatic hydroxyl groups excluding tert-OH is 1. The maximum atomic E-state index is 11.3. The van der Waals surface area contributed by atoms with Gasteiger partial charge in [-0.15, -0.1) is 0 Å². The zero-order valence-electron chi connectivity index (χ0n) is 9.26. The van der Waals surface area contributed by atoms with Crippen molar-refractivity contribution in [1.82, 2.24) is 9.97 Å². The largest absolute Gasteiger partial charge is 0.447 e. The van der Waals surface area contributed by atoms with Gasteiger partial charge >= 0.3 is 6.09 Å². The lowest BCUT2D eigenvalue weighted by Gasteiger charge is -2.07. The standard InChI is InChI=1S/C11H10ClN3O3/c12-9-10(15-11(17)18-6-5-16)14-8-4-2-1-3-7(8)13-9/h1-4,16H,5-6H2,(H,14,15,17). The molecule has 2 rings (SSSR count). The molecular weight excluding hydrogens is 258 g/mol. The van der Waals surface area contributed by atoms with E-state index in [1.54, 1.807) is 18.2 Å². The van der Waals surface area contributed by atoms with Crippen LogP contribution in [0.5, 0.6) is 0 Å². The number of amides is 1. The Kier molecular flexibility index (Phi) is 3.91. The summed E-state index contributed by atoms with van der Waals surface area (Å²) in [6.45, 7) is -0.338. The molecule has 0 aliphatic heterocycles. The Morgan fingerprint density at radius 1 is 1.33 bits per heavy atom. The molecule has 0 saturated carbocycles. The molecule has 2 N–H and O–H groups in total. The van der Waals surface area contributed by atoms with E-state index in [2.05, 4.69) is 20.0 Å². The predicted octanol–water partition coefficient (Wildman–Crippen LogP) is 1.82. The van der Waals surface area contributed by atoms with Crippen molar-refractivity contribution in [3.8, 4) is 0 Å². The van der Waals surface area contributed by atoms with Gasteiger partial charge in [0.2, 0.25) is 0 Å². The number of halogens is 1. The third-order valence-corrected chi connectivity index (χ3v) is 2.34. The molecule has 0 aliphatic rings. The fourth-order valence-corrected chi connectivity index (χ4v) is 1.51. The van der Waals surface area contributed by atoms with Gasteiger partial charge in [0.15, 0.2) is 11.0 Å². The second-order valence-electron chi connectivity index (χ2n) is 3.34. The lowest BCUT2D eigenvalue weighted by Crippen LogP contribution is -2.17. The van der Waals surface area contributed by atoms with Gasteiger partial charge in [0.05, 0.1) is 17.6 Å². The van der Waals surface area contributed by atoms with Gasteiger partial charge in [0, 0.05) is 0 Å². The van der Waals surface area contributed by atoms with Crippen molar-refractivity contribution < 1.29 is 14.6 Å². The number of ether oxygens (including phenoxy) is 1. The third kappa shape index (κ3) is 2.85. The number of rotatable bonds is 3. The number of nitrogens with one attached hydrogen (secondary N) is 1. The zero-order chi connectivity index (χ0) is 13.0. The van der Waals surface area contributed by atoms with E-state index in [1.807, 2.05) is 6.07 Å². The number of aliphatic hydroxyl groups is 1. The monoisotopic (exact) mass is 267 g/mol. The lowest BCUT2D eigenvalue weighted by molar-refractivity contribution is 0.131. The maximum Gasteiger partial charge on any atom is 0.412 e. The molecule has 1 aromatic carbocycles. The molecular formula is C11H10ClN3O3. The number of hydrogen-bond donors (Lipinski definition) is 2. The Labute approximate surface area is 108 Å². The van der Waals surface area contributed by atoms with Crippen molar-refractivity contribution in [2.45, 2.75) is 0 Å². The molecule has 6 nitrogen and oxygen atoms in total. The molecule has 0 radical (unpaired) electrons. The average molecular weight is 268 g/mol. The number of anilines is 1. The summed E-state index contributed by atoms with van der Waals surface area (Å²) in [7, 11) is 0. The Hall–Kier alpha value is -1.92. The molecule has 1 aromatic heterocycles. The van der Waals surface area contributed by atoms with Crippen molar-refractivity contribution in [2.24, 2.45) is 0 Å². The molecule has 94 valence electrons. The quantitative estimate of drug-likeness (QED) is 0.886. The first kappa shape index (κ1) is 12.5. The van der Waals surface area contributed by atoms with Crippen LogP contribution < -0.4 is 5.32 Å². The molecule has 1 heterocycles. The Balaban J connectivity index is 2.22. The zero-order valence-corrected chi connectivity index (χ0v) is 10.0. The summed E-state index contributed by atoms with van der Waals surface area (Å²) in [5.74, 6) is 0.123. The Morgan fingerprint density at radius 3 is 2.67 bits per heavy atom. The summed E-state index contributed by atoms with van der Waals surface area (Å²) in [6.07, 6.45) is -0.740. The average Bonchev–Trinajstić information content (AvgIpc) is 2.37. The predicted molar refractivity (Wildman–Crippen MR) is 66.6 cm³/mol. The van der Waals surface area contributed by atoms with Gasteiger partial charge in [-0.2, -0.15) is 0 Å². The van der Waals surface area contributed by atoms with Crippen LogP contribution >= 0.6 is 11.6 Å². The molecule has 1 amide bonds. The van der Waals surface area contributed by atoms with E-state index in [1.165, 1.54) is 0 Å². The first-order valence-electron chi connectivity index (χ1n) is 5.17. The molecule has 0 spiro atoms. The number of hydrogen-bond acceptors (Lipinski definition) is 5. The molecule has 0 unspecified atom stereocenters. The van der Waals surface area contributed by atoms with Gasteiger partial charge in [-0.1, -0.05) is 23.7 Å². The molecule has 7 heteroatoms. The molecule has 0 aliphatic carbocycles. The van der Waals surface area contributed by atoms with E-state index in [-0.39, 0.29) is 24.2 Å². The number of para-hydroxylation sites is 2. The topological polar surface area (TPSA) is 84.3 Å². The first-order chi connectivity index (χ1) is 8.70. The van der Waals surface area contributed by atoms with Crippen molar-refractivity contribution in [1.29, 1.82) is 0 Å². The van der Waals surface area contributed by atoms with Gasteiger partial charge in [-0.25, -0.2) is 14.8 Å². The van der Waals surface area contributed by atoms with Crippen LogP contribution in [0.3, 0.4) is 0 Å². The second-order valence-corrected chi connectivity index (χ2v) is 3.69. The van der Waals surface area contributed by atoms with E-state index in [0.717, 1.165) is 0 Å². The van der Waals surface area contributed by atoms with Gasteiger partial charge in [0.1, 0.15) is 6.61 Å². The van der Waals surface area contributed by atoms with Crippen LogP contribution in [0.15, 0.2) is 24.3 Å². The van der Waals surface area contributed by atoms with E-state index in [9.17, 15) is 4.79 Å². The SMILES string of the molecule is O=C(Nc1nc2ccccc2nc1Cl)OCCO. The van der Waals surface area contributed by atoms with Crippen molar-refractivity contribution in [3.63, 3.8) is 0 Å². The van der Waals surface area contributed by atoms with E-state index in [4.69, 9.17) is 16.7 Å². The summed E-state index contributed by atoms with van der Waals surface area (Å²) < 4.78 is 4.64. The minimum absolute atomic E-state index is 0.0784.